The summed E-state index contributed by atoms with van der Waals surface area (Å²) >= 11 is 0. The smallest absolute Gasteiger partial charge is 0.243 e. The van der Waals surface area contributed by atoms with Crippen molar-refractivity contribution >= 4 is 27.4 Å². The zero-order valence-corrected chi connectivity index (χ0v) is 19.8. The fourth-order valence-corrected chi connectivity index (χ4v) is 5.34. The van der Waals surface area contributed by atoms with E-state index in [2.05, 4.69) is 27.1 Å². The topological polar surface area (TPSA) is 95.1 Å². The Balaban J connectivity index is 1.26. The molecular formula is C23H31N5O4S. The molecule has 0 aliphatic carbocycles. The summed E-state index contributed by atoms with van der Waals surface area (Å²) in [6, 6.07) is 10.6. The second-order valence-electron chi connectivity index (χ2n) is 8.40. The highest BCUT2D eigenvalue weighted by atomic mass is 32.2. The van der Waals surface area contributed by atoms with Gasteiger partial charge in [0, 0.05) is 45.7 Å². The van der Waals surface area contributed by atoms with Crippen molar-refractivity contribution in [2.24, 2.45) is 0 Å². The zero-order chi connectivity index (χ0) is 23.3. The Morgan fingerprint density at radius 3 is 2.33 bits per heavy atom. The van der Waals surface area contributed by atoms with Gasteiger partial charge >= 0.3 is 0 Å². The highest BCUT2D eigenvalue weighted by Gasteiger charge is 2.26. The van der Waals surface area contributed by atoms with Gasteiger partial charge in [0.2, 0.25) is 15.9 Å². The number of ether oxygens (including phenoxy) is 1. The summed E-state index contributed by atoms with van der Waals surface area (Å²) in [4.78, 5) is 21.7. The Morgan fingerprint density at radius 1 is 1.00 bits per heavy atom. The third-order valence-electron chi connectivity index (χ3n) is 6.03. The zero-order valence-electron chi connectivity index (χ0n) is 18.9. The number of hydrogen-bond acceptors (Lipinski definition) is 7. The van der Waals surface area contributed by atoms with Crippen molar-refractivity contribution in [2.45, 2.75) is 17.7 Å². The van der Waals surface area contributed by atoms with Crippen molar-refractivity contribution < 1.29 is 17.9 Å². The van der Waals surface area contributed by atoms with E-state index in [0.29, 0.717) is 44.8 Å². The second-order valence-corrected chi connectivity index (χ2v) is 10.3. The van der Waals surface area contributed by atoms with Crippen molar-refractivity contribution in [3.8, 4) is 0 Å². The van der Waals surface area contributed by atoms with Crippen LogP contribution in [0.4, 0.5) is 11.5 Å². The normalized spacial score (nSPS) is 18.3. The molecule has 0 spiro atoms. The predicted molar refractivity (Wildman–Crippen MR) is 127 cm³/mol. The lowest BCUT2D eigenvalue weighted by molar-refractivity contribution is -0.116. The van der Waals surface area contributed by atoms with E-state index in [0.717, 1.165) is 37.6 Å². The number of amides is 1. The van der Waals surface area contributed by atoms with Gasteiger partial charge in [-0.15, -0.1) is 0 Å². The number of carbonyl (C=O) groups is 1. The summed E-state index contributed by atoms with van der Waals surface area (Å²) in [5.74, 6) is 0.822. The van der Waals surface area contributed by atoms with Crippen LogP contribution in [-0.4, -0.2) is 88.0 Å². The summed E-state index contributed by atoms with van der Waals surface area (Å²) in [7, 11) is -1.39. The van der Waals surface area contributed by atoms with Crippen molar-refractivity contribution in [1.82, 2.24) is 14.2 Å². The molecule has 4 rings (SSSR count). The van der Waals surface area contributed by atoms with Gasteiger partial charge in [0.15, 0.2) is 0 Å². The van der Waals surface area contributed by atoms with Gasteiger partial charge < -0.3 is 19.9 Å². The monoisotopic (exact) mass is 473 g/mol. The molecule has 2 aliphatic heterocycles. The molecule has 3 heterocycles. The van der Waals surface area contributed by atoms with Gasteiger partial charge in [0.1, 0.15) is 5.82 Å². The van der Waals surface area contributed by atoms with E-state index in [1.807, 2.05) is 12.1 Å². The van der Waals surface area contributed by atoms with E-state index >= 15 is 0 Å². The van der Waals surface area contributed by atoms with Crippen molar-refractivity contribution in [2.75, 3.05) is 69.7 Å². The van der Waals surface area contributed by atoms with Gasteiger partial charge in [-0.05, 0) is 43.3 Å². The predicted octanol–water partition coefficient (Wildman–Crippen LogP) is 1.43. The van der Waals surface area contributed by atoms with E-state index in [9.17, 15) is 13.2 Å². The molecule has 0 bridgehead atoms. The molecule has 1 aromatic heterocycles. The minimum atomic E-state index is -3.50. The average molecular weight is 474 g/mol. The molecule has 0 radical (unpaired) electrons. The molecule has 2 aromatic rings. The van der Waals surface area contributed by atoms with Crippen LogP contribution in [0.1, 0.15) is 12.0 Å². The number of sulfonamides is 1. The highest BCUT2D eigenvalue weighted by Crippen LogP contribution is 2.19. The number of aromatic nitrogens is 1. The van der Waals surface area contributed by atoms with E-state index in [4.69, 9.17) is 4.74 Å². The third-order valence-corrected chi connectivity index (χ3v) is 7.94. The van der Waals surface area contributed by atoms with Crippen molar-refractivity contribution in [3.05, 3.63) is 48.2 Å². The minimum Gasteiger partial charge on any atom is -0.379 e. The molecule has 10 heteroatoms. The number of rotatable bonds is 7. The Bertz CT molecular complexity index is 1030. The molecule has 33 heavy (non-hydrogen) atoms. The summed E-state index contributed by atoms with van der Waals surface area (Å²) < 4.78 is 32.1. The summed E-state index contributed by atoms with van der Waals surface area (Å²) in [5.41, 5.74) is 1.58. The number of nitrogens with one attached hydrogen (secondary N) is 1. The van der Waals surface area contributed by atoms with E-state index in [-0.39, 0.29) is 10.8 Å². The van der Waals surface area contributed by atoms with Crippen LogP contribution in [-0.2, 0) is 26.0 Å². The maximum Gasteiger partial charge on any atom is 0.243 e. The summed E-state index contributed by atoms with van der Waals surface area (Å²) in [6.07, 6.45) is 2.52. The molecule has 0 unspecified atom stereocenters. The van der Waals surface area contributed by atoms with Gasteiger partial charge in [-0.3, -0.25) is 4.79 Å². The van der Waals surface area contributed by atoms with Gasteiger partial charge in [-0.25, -0.2) is 13.4 Å². The van der Waals surface area contributed by atoms with Crippen LogP contribution in [0, 0.1) is 0 Å². The van der Waals surface area contributed by atoms with Crippen molar-refractivity contribution in [1.29, 1.82) is 0 Å². The molecule has 2 saturated heterocycles. The molecular weight excluding hydrogens is 442 g/mol. The first-order valence-corrected chi connectivity index (χ1v) is 12.7. The van der Waals surface area contributed by atoms with Gasteiger partial charge in [-0.1, -0.05) is 12.1 Å². The number of likely N-dealkylation sites (N-methyl/N-ethyl adjacent to an activating group) is 1. The highest BCUT2D eigenvalue weighted by molar-refractivity contribution is 7.89. The molecule has 178 valence electrons. The van der Waals surface area contributed by atoms with Gasteiger partial charge in [0.25, 0.3) is 0 Å². The molecule has 2 aliphatic rings. The number of morpholine rings is 1. The average Bonchev–Trinajstić information content (AvgIpc) is 2.85. The van der Waals surface area contributed by atoms with Crippen LogP contribution in [0.2, 0.25) is 0 Å². The SMILES string of the molecule is CN1CCN(c2ccc(NC(=O)CCc3ccc(S(=O)(=O)N4CCOCC4)cc3)cn2)CC1. The van der Waals surface area contributed by atoms with Gasteiger partial charge in [-0.2, -0.15) is 4.31 Å². The van der Waals surface area contributed by atoms with Crippen LogP contribution in [0.25, 0.3) is 0 Å². The van der Waals surface area contributed by atoms with Crippen LogP contribution < -0.4 is 10.2 Å². The number of nitrogens with zero attached hydrogens (tertiary/aromatic N) is 4. The standard InChI is InChI=1S/C23H31N5O4S/c1-26-10-12-27(13-11-26)22-8-5-20(18-24-22)25-23(29)9-4-19-2-6-21(7-3-19)33(30,31)28-14-16-32-17-15-28/h2-3,5-8,18H,4,9-17H2,1H3,(H,25,29). The van der Waals surface area contributed by atoms with Crippen LogP contribution in [0.15, 0.2) is 47.5 Å². The molecule has 1 amide bonds. The Morgan fingerprint density at radius 2 is 1.70 bits per heavy atom. The lowest BCUT2D eigenvalue weighted by Crippen LogP contribution is -2.44. The van der Waals surface area contributed by atoms with Gasteiger partial charge in [0.05, 0.1) is 30.0 Å². The van der Waals surface area contributed by atoms with Crippen LogP contribution in [0.3, 0.4) is 0 Å². The fraction of sp³-hybridized carbons (Fsp3) is 0.478. The molecule has 2 fully saturated rings. The number of aryl methyl sites for hydroxylation is 1. The lowest BCUT2D eigenvalue weighted by atomic mass is 10.1. The maximum absolute atomic E-state index is 12.7. The maximum atomic E-state index is 12.7. The number of benzene rings is 1. The van der Waals surface area contributed by atoms with E-state index in [1.165, 1.54) is 4.31 Å². The van der Waals surface area contributed by atoms with Crippen LogP contribution >= 0.6 is 0 Å². The number of hydrogen-bond donors (Lipinski definition) is 1. The number of pyridine rings is 1. The summed E-state index contributed by atoms with van der Waals surface area (Å²) in [6.45, 7) is 5.50. The molecule has 1 N–H and O–H groups in total. The molecule has 0 atom stereocenters. The number of carbonyl (C=O) groups excluding carboxylic acids is 1. The first kappa shape index (κ1) is 23.6. The van der Waals surface area contributed by atoms with Crippen molar-refractivity contribution in [3.63, 3.8) is 0 Å². The molecule has 0 saturated carbocycles. The first-order valence-electron chi connectivity index (χ1n) is 11.3. The Labute approximate surface area is 195 Å². The Kier molecular flexibility index (Phi) is 7.59. The van der Waals surface area contributed by atoms with Crippen LogP contribution in [0.5, 0.6) is 0 Å². The van der Waals surface area contributed by atoms with E-state index < -0.39 is 10.0 Å². The quantitative estimate of drug-likeness (QED) is 0.650. The third kappa shape index (κ3) is 6.08. The number of anilines is 2. The molecule has 1 aromatic carbocycles. The number of piperazine rings is 1. The first-order chi connectivity index (χ1) is 15.9. The minimum absolute atomic E-state index is 0.103. The second kappa shape index (κ2) is 10.6. The summed E-state index contributed by atoms with van der Waals surface area (Å²) in [5, 5.41) is 2.89. The van der Waals surface area contributed by atoms with E-state index in [1.54, 1.807) is 30.5 Å². The lowest BCUT2D eigenvalue weighted by Gasteiger charge is -2.33. The molecule has 9 nitrogen and oxygen atoms in total. The largest absolute Gasteiger partial charge is 0.379 e. The Hall–Kier alpha value is -2.53. The fourth-order valence-electron chi connectivity index (χ4n) is 3.93.